The van der Waals surface area contributed by atoms with Crippen molar-refractivity contribution >= 4 is 17.7 Å². The lowest BCUT2D eigenvalue weighted by Gasteiger charge is -2.46. The second kappa shape index (κ2) is 5.96. The van der Waals surface area contributed by atoms with E-state index in [9.17, 15) is 9.59 Å². The summed E-state index contributed by atoms with van der Waals surface area (Å²) in [6, 6.07) is 3.05. The molecule has 0 unspecified atom stereocenters. The molecule has 21 heavy (non-hydrogen) atoms. The van der Waals surface area contributed by atoms with Gasteiger partial charge in [0.25, 0.3) is 0 Å². The lowest BCUT2D eigenvalue weighted by Crippen LogP contribution is -2.64. The minimum absolute atomic E-state index is 0.279. The summed E-state index contributed by atoms with van der Waals surface area (Å²) in [7, 11) is 1.51. The van der Waals surface area contributed by atoms with Crippen molar-refractivity contribution < 1.29 is 24.2 Å². The Labute approximate surface area is 121 Å². The Balaban J connectivity index is 1.81. The molecule has 2 heterocycles. The fraction of sp³-hybridized carbons (Fsp3) is 0.462. The molecule has 0 atom stereocenters. The quantitative estimate of drug-likeness (QED) is 0.833. The minimum atomic E-state index is -1.02. The van der Waals surface area contributed by atoms with Crippen LogP contribution in [0.5, 0.6) is 5.88 Å². The Bertz CT molecular complexity index is 525. The molecule has 2 rings (SSSR count). The number of likely N-dealkylation sites (tertiary alicyclic amines) is 1. The monoisotopic (exact) mass is 295 g/mol. The van der Waals surface area contributed by atoms with E-state index in [1.807, 2.05) is 0 Å². The van der Waals surface area contributed by atoms with Gasteiger partial charge in [-0.25, -0.2) is 14.6 Å². The zero-order chi connectivity index (χ0) is 15.5. The lowest BCUT2D eigenvalue weighted by atomic mass is 9.97. The number of rotatable bonds is 5. The van der Waals surface area contributed by atoms with Gasteiger partial charge in [0.15, 0.2) is 0 Å². The van der Waals surface area contributed by atoms with E-state index in [-0.39, 0.29) is 12.6 Å². The van der Waals surface area contributed by atoms with Crippen LogP contribution in [0.3, 0.4) is 0 Å². The van der Waals surface area contributed by atoms with Gasteiger partial charge in [-0.1, -0.05) is 0 Å². The topological polar surface area (TPSA) is 101 Å². The van der Waals surface area contributed by atoms with Crippen LogP contribution in [-0.4, -0.2) is 59.4 Å². The first-order valence-electron chi connectivity index (χ1n) is 6.33. The zero-order valence-electron chi connectivity index (χ0n) is 11.8. The number of urea groups is 1. The SMILES string of the molecule is COc1ccc(NC(=O)N2CC(C)(OCC(=O)O)C2)cn1. The van der Waals surface area contributed by atoms with E-state index in [1.54, 1.807) is 19.1 Å². The summed E-state index contributed by atoms with van der Waals surface area (Å²) in [5, 5.41) is 11.3. The average Bonchev–Trinajstić information content (AvgIpc) is 2.43. The number of methoxy groups -OCH3 is 1. The number of hydrogen-bond acceptors (Lipinski definition) is 5. The van der Waals surface area contributed by atoms with Crippen LogP contribution in [0, 0.1) is 0 Å². The molecule has 0 aromatic carbocycles. The summed E-state index contributed by atoms with van der Waals surface area (Å²) >= 11 is 0. The van der Waals surface area contributed by atoms with Crippen molar-refractivity contribution in [2.75, 3.05) is 32.1 Å². The van der Waals surface area contributed by atoms with Crippen LogP contribution < -0.4 is 10.1 Å². The Morgan fingerprint density at radius 1 is 1.48 bits per heavy atom. The number of pyridine rings is 1. The number of anilines is 1. The summed E-state index contributed by atoms with van der Waals surface area (Å²) in [6.07, 6.45) is 1.50. The number of carboxylic acids is 1. The van der Waals surface area contributed by atoms with Gasteiger partial charge in [0.05, 0.1) is 32.1 Å². The van der Waals surface area contributed by atoms with Crippen LogP contribution in [-0.2, 0) is 9.53 Å². The van der Waals surface area contributed by atoms with Crippen molar-refractivity contribution in [1.29, 1.82) is 0 Å². The molecule has 0 radical (unpaired) electrons. The van der Waals surface area contributed by atoms with Gasteiger partial charge in [-0.15, -0.1) is 0 Å². The smallest absolute Gasteiger partial charge is 0.329 e. The summed E-state index contributed by atoms with van der Waals surface area (Å²) in [6.45, 7) is 2.09. The van der Waals surface area contributed by atoms with Crippen molar-refractivity contribution in [3.63, 3.8) is 0 Å². The second-order valence-electron chi connectivity index (χ2n) is 5.01. The normalized spacial score (nSPS) is 16.0. The molecular formula is C13H17N3O5. The number of ether oxygens (including phenoxy) is 2. The van der Waals surface area contributed by atoms with E-state index in [2.05, 4.69) is 10.3 Å². The Kier molecular flexibility index (Phi) is 4.27. The number of carboxylic acid groups (broad SMARTS) is 1. The molecule has 1 saturated heterocycles. The third kappa shape index (κ3) is 3.82. The second-order valence-corrected chi connectivity index (χ2v) is 5.01. The van der Waals surface area contributed by atoms with Crippen LogP contribution in [0.1, 0.15) is 6.92 Å². The molecule has 2 amide bonds. The van der Waals surface area contributed by atoms with Gasteiger partial charge in [-0.05, 0) is 13.0 Å². The van der Waals surface area contributed by atoms with Gasteiger partial charge in [0.2, 0.25) is 5.88 Å². The van der Waals surface area contributed by atoms with E-state index in [1.165, 1.54) is 18.2 Å². The van der Waals surface area contributed by atoms with Crippen LogP contribution in [0.15, 0.2) is 18.3 Å². The van der Waals surface area contributed by atoms with E-state index in [0.29, 0.717) is 24.7 Å². The van der Waals surface area contributed by atoms with E-state index >= 15 is 0 Å². The number of nitrogens with one attached hydrogen (secondary N) is 1. The summed E-state index contributed by atoms with van der Waals surface area (Å²) in [4.78, 5) is 27.9. The van der Waals surface area contributed by atoms with Crippen LogP contribution in [0.25, 0.3) is 0 Å². The Morgan fingerprint density at radius 3 is 2.71 bits per heavy atom. The van der Waals surface area contributed by atoms with E-state index in [4.69, 9.17) is 14.6 Å². The predicted molar refractivity (Wildman–Crippen MR) is 73.4 cm³/mol. The molecule has 1 fully saturated rings. The average molecular weight is 295 g/mol. The van der Waals surface area contributed by atoms with Crippen molar-refractivity contribution in [1.82, 2.24) is 9.88 Å². The molecule has 0 bridgehead atoms. The standard InChI is InChI=1S/C13H17N3O5/c1-13(21-6-11(17)18)7-16(8-13)12(19)15-9-3-4-10(20-2)14-5-9/h3-5H,6-8H2,1-2H3,(H,15,19)(H,17,18). The first kappa shape index (κ1) is 15.0. The number of aromatic nitrogens is 1. The zero-order valence-corrected chi connectivity index (χ0v) is 11.8. The minimum Gasteiger partial charge on any atom is -0.481 e. The predicted octanol–water partition coefficient (Wildman–Crippen LogP) is 0.798. The lowest BCUT2D eigenvalue weighted by molar-refractivity contribution is -0.159. The highest BCUT2D eigenvalue weighted by molar-refractivity contribution is 5.89. The molecule has 0 saturated carbocycles. The third-order valence-electron chi connectivity index (χ3n) is 3.08. The van der Waals surface area contributed by atoms with Crippen LogP contribution in [0.2, 0.25) is 0 Å². The molecule has 2 N–H and O–H groups in total. The van der Waals surface area contributed by atoms with Gasteiger partial charge in [-0.2, -0.15) is 0 Å². The molecule has 1 aromatic heterocycles. The van der Waals surface area contributed by atoms with E-state index < -0.39 is 11.6 Å². The van der Waals surface area contributed by atoms with Gasteiger partial charge >= 0.3 is 12.0 Å². The van der Waals surface area contributed by atoms with Gasteiger partial charge in [0.1, 0.15) is 12.2 Å². The van der Waals surface area contributed by atoms with Crippen LogP contribution >= 0.6 is 0 Å². The van der Waals surface area contributed by atoms with Gasteiger partial charge < -0.3 is 24.8 Å². The van der Waals surface area contributed by atoms with Crippen LogP contribution in [0.4, 0.5) is 10.5 Å². The number of hydrogen-bond donors (Lipinski definition) is 2. The maximum atomic E-state index is 12.0. The Morgan fingerprint density at radius 2 is 2.19 bits per heavy atom. The molecule has 1 aromatic rings. The highest BCUT2D eigenvalue weighted by Gasteiger charge is 2.42. The van der Waals surface area contributed by atoms with Crippen molar-refractivity contribution in [3.8, 4) is 5.88 Å². The maximum Gasteiger partial charge on any atom is 0.329 e. The highest BCUT2D eigenvalue weighted by Crippen LogP contribution is 2.25. The first-order valence-corrected chi connectivity index (χ1v) is 6.33. The molecule has 8 heteroatoms. The fourth-order valence-electron chi connectivity index (χ4n) is 2.01. The first-order chi connectivity index (χ1) is 9.92. The number of aliphatic carboxylic acids is 1. The summed E-state index contributed by atoms with van der Waals surface area (Å²) in [5.74, 6) is -0.560. The molecule has 114 valence electrons. The van der Waals surface area contributed by atoms with E-state index in [0.717, 1.165) is 0 Å². The number of carbonyl (C=O) groups is 2. The molecule has 0 spiro atoms. The molecule has 1 aliphatic heterocycles. The molecule has 0 aliphatic carbocycles. The number of nitrogens with zero attached hydrogens (tertiary/aromatic N) is 2. The third-order valence-corrected chi connectivity index (χ3v) is 3.08. The maximum absolute atomic E-state index is 12.0. The highest BCUT2D eigenvalue weighted by atomic mass is 16.5. The Hall–Kier alpha value is -2.35. The summed E-state index contributed by atoms with van der Waals surface area (Å²) < 4.78 is 10.2. The molecule has 8 nitrogen and oxygen atoms in total. The summed E-state index contributed by atoms with van der Waals surface area (Å²) in [5.41, 5.74) is -0.0469. The van der Waals surface area contributed by atoms with Crippen molar-refractivity contribution in [2.45, 2.75) is 12.5 Å². The van der Waals surface area contributed by atoms with Crippen molar-refractivity contribution in [3.05, 3.63) is 18.3 Å². The van der Waals surface area contributed by atoms with Crippen molar-refractivity contribution in [2.24, 2.45) is 0 Å². The largest absolute Gasteiger partial charge is 0.481 e. The van der Waals surface area contributed by atoms with Gasteiger partial charge in [-0.3, -0.25) is 0 Å². The number of carbonyl (C=O) groups excluding carboxylic acids is 1. The number of amides is 2. The molecule has 1 aliphatic rings. The molecular weight excluding hydrogens is 278 g/mol. The van der Waals surface area contributed by atoms with Gasteiger partial charge in [0, 0.05) is 6.07 Å². The fourth-order valence-corrected chi connectivity index (χ4v) is 2.01.